The van der Waals surface area contributed by atoms with Gasteiger partial charge in [-0.3, -0.25) is 9.69 Å². The number of carbonyl (C=O) groups is 1. The molecule has 1 amide bonds. The molecule has 1 aliphatic rings. The van der Waals surface area contributed by atoms with Crippen LogP contribution >= 0.6 is 12.2 Å². The molecule has 1 fully saturated rings. The lowest BCUT2D eigenvalue weighted by Gasteiger charge is -2.34. The Morgan fingerprint density at radius 2 is 1.84 bits per heavy atom. The second-order valence-corrected chi connectivity index (χ2v) is 6.38. The summed E-state index contributed by atoms with van der Waals surface area (Å²) >= 11 is 4.83. The highest BCUT2D eigenvalue weighted by molar-refractivity contribution is 7.80. The van der Waals surface area contributed by atoms with E-state index in [1.807, 2.05) is 7.05 Å². The van der Waals surface area contributed by atoms with Crippen molar-refractivity contribution in [3.63, 3.8) is 0 Å². The zero-order valence-corrected chi connectivity index (χ0v) is 13.2. The van der Waals surface area contributed by atoms with Crippen LogP contribution in [-0.2, 0) is 4.79 Å². The van der Waals surface area contributed by atoms with Crippen molar-refractivity contribution in [2.24, 2.45) is 11.7 Å². The molecule has 0 unspecified atom stereocenters. The number of amides is 1. The summed E-state index contributed by atoms with van der Waals surface area (Å²) in [5.41, 5.74) is 5.46. The minimum absolute atomic E-state index is 0.150. The number of nitrogens with zero attached hydrogens (tertiary/aromatic N) is 2. The summed E-state index contributed by atoms with van der Waals surface area (Å²) < 4.78 is 0. The van der Waals surface area contributed by atoms with E-state index in [1.165, 1.54) is 25.7 Å². The largest absolute Gasteiger partial charge is 0.393 e. The summed E-state index contributed by atoms with van der Waals surface area (Å²) in [4.78, 5) is 16.5. The van der Waals surface area contributed by atoms with Crippen molar-refractivity contribution in [2.75, 3.05) is 27.2 Å². The summed E-state index contributed by atoms with van der Waals surface area (Å²) in [6.07, 6.45) is 5.58. The second kappa shape index (κ2) is 7.80. The Balaban J connectivity index is 2.32. The third kappa shape index (κ3) is 5.87. The highest BCUT2D eigenvalue weighted by Gasteiger charge is 2.23. The summed E-state index contributed by atoms with van der Waals surface area (Å²) in [6, 6.07) is 0.559. The zero-order valence-electron chi connectivity index (χ0n) is 12.4. The van der Waals surface area contributed by atoms with E-state index in [1.54, 1.807) is 4.90 Å². The van der Waals surface area contributed by atoms with Gasteiger partial charge in [0.2, 0.25) is 5.91 Å². The highest BCUT2D eigenvalue weighted by Crippen LogP contribution is 2.26. The van der Waals surface area contributed by atoms with E-state index < -0.39 is 0 Å². The van der Waals surface area contributed by atoms with Crippen LogP contribution in [-0.4, -0.2) is 53.9 Å². The molecular weight excluding hydrogens is 258 g/mol. The van der Waals surface area contributed by atoms with Crippen molar-refractivity contribution >= 4 is 23.1 Å². The molecule has 5 heteroatoms. The van der Waals surface area contributed by atoms with Crippen LogP contribution in [0.2, 0.25) is 0 Å². The van der Waals surface area contributed by atoms with Gasteiger partial charge >= 0.3 is 0 Å². The fourth-order valence-electron chi connectivity index (χ4n) is 2.55. The molecule has 4 nitrogen and oxygen atoms in total. The van der Waals surface area contributed by atoms with E-state index in [-0.39, 0.29) is 5.91 Å². The molecule has 0 radical (unpaired) electrons. The summed E-state index contributed by atoms with van der Waals surface area (Å²) in [5.74, 6) is 0.992. The monoisotopic (exact) mass is 285 g/mol. The van der Waals surface area contributed by atoms with E-state index >= 15 is 0 Å². The van der Waals surface area contributed by atoms with Gasteiger partial charge in [0.1, 0.15) is 0 Å². The van der Waals surface area contributed by atoms with Gasteiger partial charge in [0.25, 0.3) is 0 Å². The lowest BCUT2D eigenvalue weighted by atomic mass is 9.87. The standard InChI is InChI=1S/C14H27N3OS/c1-11-4-6-12(7-5-11)17(3)10-14(18)16(2)9-8-13(15)19/h11-12H,4-10H2,1-3H3,(H2,15,19). The van der Waals surface area contributed by atoms with Crippen LogP contribution in [0, 0.1) is 5.92 Å². The number of nitrogens with two attached hydrogens (primary N) is 1. The lowest BCUT2D eigenvalue weighted by Crippen LogP contribution is -2.43. The Hall–Kier alpha value is -0.680. The van der Waals surface area contributed by atoms with Crippen LogP contribution < -0.4 is 5.73 Å². The maximum absolute atomic E-state index is 12.1. The maximum Gasteiger partial charge on any atom is 0.236 e. The number of hydrogen-bond donors (Lipinski definition) is 1. The SMILES string of the molecule is CC1CCC(N(C)CC(=O)N(C)CCC(N)=S)CC1. The topological polar surface area (TPSA) is 49.6 Å². The highest BCUT2D eigenvalue weighted by atomic mass is 32.1. The van der Waals surface area contributed by atoms with Gasteiger partial charge in [-0.25, -0.2) is 0 Å². The fraction of sp³-hybridized carbons (Fsp3) is 0.857. The Labute approximate surface area is 122 Å². The van der Waals surface area contributed by atoms with Gasteiger partial charge in [0.15, 0.2) is 0 Å². The number of carbonyl (C=O) groups excluding carboxylic acids is 1. The molecule has 1 rings (SSSR count). The van der Waals surface area contributed by atoms with Crippen LogP contribution in [0.5, 0.6) is 0 Å². The number of hydrogen-bond acceptors (Lipinski definition) is 3. The van der Waals surface area contributed by atoms with Crippen LogP contribution in [0.15, 0.2) is 0 Å². The number of thiocarbonyl (C=S) groups is 1. The van der Waals surface area contributed by atoms with E-state index in [9.17, 15) is 4.79 Å². The smallest absolute Gasteiger partial charge is 0.236 e. The van der Waals surface area contributed by atoms with Crippen LogP contribution in [0.1, 0.15) is 39.0 Å². The van der Waals surface area contributed by atoms with Crippen molar-refractivity contribution in [1.82, 2.24) is 9.80 Å². The van der Waals surface area contributed by atoms with Crippen LogP contribution in [0.25, 0.3) is 0 Å². The first kappa shape index (κ1) is 16.4. The van der Waals surface area contributed by atoms with Crippen LogP contribution in [0.4, 0.5) is 0 Å². The van der Waals surface area contributed by atoms with Crippen molar-refractivity contribution < 1.29 is 4.79 Å². The summed E-state index contributed by atoms with van der Waals surface area (Å²) in [6.45, 7) is 3.42. The molecule has 0 aromatic heterocycles. The van der Waals surface area contributed by atoms with Gasteiger partial charge in [0.05, 0.1) is 11.5 Å². The Morgan fingerprint density at radius 1 is 1.26 bits per heavy atom. The molecule has 0 bridgehead atoms. The molecule has 1 saturated carbocycles. The number of rotatable bonds is 6. The molecule has 0 saturated heterocycles. The van der Waals surface area contributed by atoms with Crippen molar-refractivity contribution in [3.05, 3.63) is 0 Å². The van der Waals surface area contributed by atoms with Gasteiger partial charge in [-0.2, -0.15) is 0 Å². The van der Waals surface area contributed by atoms with E-state index in [2.05, 4.69) is 18.9 Å². The third-order valence-electron chi connectivity index (χ3n) is 4.11. The molecule has 2 N–H and O–H groups in total. The molecular formula is C14H27N3OS. The predicted molar refractivity (Wildman–Crippen MR) is 83.1 cm³/mol. The molecule has 0 aromatic rings. The maximum atomic E-state index is 12.1. The minimum Gasteiger partial charge on any atom is -0.393 e. The molecule has 1 aliphatic carbocycles. The van der Waals surface area contributed by atoms with Crippen molar-refractivity contribution in [2.45, 2.75) is 45.1 Å². The van der Waals surface area contributed by atoms with Crippen molar-refractivity contribution in [3.8, 4) is 0 Å². The Morgan fingerprint density at radius 3 is 2.37 bits per heavy atom. The van der Waals surface area contributed by atoms with Gasteiger partial charge in [-0.15, -0.1) is 0 Å². The second-order valence-electron chi connectivity index (χ2n) is 5.86. The van der Waals surface area contributed by atoms with Gasteiger partial charge in [0, 0.05) is 26.1 Å². The predicted octanol–water partition coefficient (Wildman–Crippen LogP) is 1.63. The molecule has 0 aliphatic heterocycles. The molecule has 19 heavy (non-hydrogen) atoms. The molecule has 0 spiro atoms. The number of likely N-dealkylation sites (N-methyl/N-ethyl adjacent to an activating group) is 2. The molecule has 110 valence electrons. The molecule has 0 heterocycles. The quantitative estimate of drug-likeness (QED) is 0.754. The first-order valence-corrected chi connectivity index (χ1v) is 7.53. The third-order valence-corrected chi connectivity index (χ3v) is 4.32. The lowest BCUT2D eigenvalue weighted by molar-refractivity contribution is -0.131. The van der Waals surface area contributed by atoms with Gasteiger partial charge in [-0.05, 0) is 38.6 Å². The summed E-state index contributed by atoms with van der Waals surface area (Å²) in [5, 5.41) is 0. The van der Waals surface area contributed by atoms with E-state index in [4.69, 9.17) is 18.0 Å². The minimum atomic E-state index is 0.150. The van der Waals surface area contributed by atoms with Gasteiger partial charge in [-0.1, -0.05) is 19.1 Å². The van der Waals surface area contributed by atoms with E-state index in [0.717, 1.165) is 5.92 Å². The fourth-order valence-corrected chi connectivity index (χ4v) is 2.64. The Bertz CT molecular complexity index is 314. The first-order chi connectivity index (χ1) is 8.90. The average Bonchev–Trinajstić information content (AvgIpc) is 2.36. The molecule has 0 aromatic carbocycles. The van der Waals surface area contributed by atoms with Crippen LogP contribution in [0.3, 0.4) is 0 Å². The average molecular weight is 285 g/mol. The zero-order chi connectivity index (χ0) is 14.4. The summed E-state index contributed by atoms with van der Waals surface area (Å²) in [7, 11) is 3.87. The molecule has 0 atom stereocenters. The van der Waals surface area contributed by atoms with Gasteiger partial charge < -0.3 is 10.6 Å². The Kier molecular flexibility index (Phi) is 6.72. The van der Waals surface area contributed by atoms with Crippen molar-refractivity contribution in [1.29, 1.82) is 0 Å². The first-order valence-electron chi connectivity index (χ1n) is 7.12. The normalized spacial score (nSPS) is 23.4. The van der Waals surface area contributed by atoms with E-state index in [0.29, 0.717) is 30.5 Å².